The summed E-state index contributed by atoms with van der Waals surface area (Å²) in [6.45, 7) is 0. The standard InChI is InChI=1S/C10H11F2N/c1-13-10-5-7(10)6-2-3-8(11)9(12)4-6/h2-4,7,10,13H,5H2,1H3/t7-,10+/m0/s1. The lowest BCUT2D eigenvalue weighted by atomic mass is 10.1. The molecule has 1 N–H and O–H groups in total. The lowest BCUT2D eigenvalue weighted by molar-refractivity contribution is 0.507. The zero-order valence-electron chi connectivity index (χ0n) is 7.35. The van der Waals surface area contributed by atoms with Gasteiger partial charge in [0, 0.05) is 12.0 Å². The fourth-order valence-electron chi connectivity index (χ4n) is 1.63. The lowest BCUT2D eigenvalue weighted by Crippen LogP contribution is -2.10. The van der Waals surface area contributed by atoms with Crippen LogP contribution in [-0.2, 0) is 0 Å². The maximum Gasteiger partial charge on any atom is 0.159 e. The predicted octanol–water partition coefficient (Wildman–Crippen LogP) is 2.04. The van der Waals surface area contributed by atoms with E-state index in [1.165, 1.54) is 12.1 Å². The fraction of sp³-hybridized carbons (Fsp3) is 0.400. The van der Waals surface area contributed by atoms with Crippen molar-refractivity contribution >= 4 is 0 Å². The third kappa shape index (κ3) is 1.56. The molecule has 1 fully saturated rings. The topological polar surface area (TPSA) is 12.0 Å². The van der Waals surface area contributed by atoms with Crippen molar-refractivity contribution < 1.29 is 8.78 Å². The van der Waals surface area contributed by atoms with Crippen LogP contribution >= 0.6 is 0 Å². The van der Waals surface area contributed by atoms with E-state index >= 15 is 0 Å². The summed E-state index contributed by atoms with van der Waals surface area (Å²) in [5, 5.41) is 3.11. The molecule has 13 heavy (non-hydrogen) atoms. The Labute approximate surface area is 75.8 Å². The van der Waals surface area contributed by atoms with Gasteiger partial charge in [-0.15, -0.1) is 0 Å². The maximum atomic E-state index is 12.8. The monoisotopic (exact) mass is 183 g/mol. The van der Waals surface area contributed by atoms with E-state index in [1.54, 1.807) is 6.07 Å². The molecule has 2 atom stereocenters. The van der Waals surface area contributed by atoms with E-state index < -0.39 is 11.6 Å². The Hall–Kier alpha value is -0.960. The third-order valence-corrected chi connectivity index (χ3v) is 2.53. The lowest BCUT2D eigenvalue weighted by Gasteiger charge is -2.00. The van der Waals surface area contributed by atoms with Gasteiger partial charge in [0.05, 0.1) is 0 Å². The molecule has 0 spiro atoms. The van der Waals surface area contributed by atoms with E-state index in [0.29, 0.717) is 12.0 Å². The molecule has 1 aliphatic carbocycles. The molecule has 70 valence electrons. The molecule has 0 saturated heterocycles. The molecule has 0 heterocycles. The number of likely N-dealkylation sites (N-methyl/N-ethyl adjacent to an activating group) is 1. The summed E-state index contributed by atoms with van der Waals surface area (Å²) in [4.78, 5) is 0. The Morgan fingerprint density at radius 1 is 1.31 bits per heavy atom. The largest absolute Gasteiger partial charge is 0.316 e. The summed E-state index contributed by atoms with van der Waals surface area (Å²) in [7, 11) is 1.88. The molecule has 0 aliphatic heterocycles. The Morgan fingerprint density at radius 2 is 2.08 bits per heavy atom. The Kier molecular flexibility index (Phi) is 2.04. The Morgan fingerprint density at radius 3 is 2.62 bits per heavy atom. The van der Waals surface area contributed by atoms with Gasteiger partial charge in [-0.25, -0.2) is 8.78 Å². The number of nitrogens with one attached hydrogen (secondary N) is 1. The average Bonchev–Trinajstić information content (AvgIpc) is 2.88. The molecule has 1 aromatic rings. The van der Waals surface area contributed by atoms with Gasteiger partial charge in [0.1, 0.15) is 0 Å². The van der Waals surface area contributed by atoms with E-state index in [0.717, 1.165) is 12.0 Å². The van der Waals surface area contributed by atoms with Crippen LogP contribution in [0.4, 0.5) is 8.78 Å². The third-order valence-electron chi connectivity index (χ3n) is 2.53. The first-order chi connectivity index (χ1) is 6.22. The summed E-state index contributed by atoms with van der Waals surface area (Å²) in [6, 6.07) is 4.57. The van der Waals surface area contributed by atoms with Gasteiger partial charge in [-0.2, -0.15) is 0 Å². The molecule has 0 radical (unpaired) electrons. The summed E-state index contributed by atoms with van der Waals surface area (Å²) < 4.78 is 25.4. The van der Waals surface area contributed by atoms with E-state index in [9.17, 15) is 8.78 Å². The molecule has 1 aliphatic rings. The van der Waals surface area contributed by atoms with Crippen LogP contribution in [0, 0.1) is 11.6 Å². The van der Waals surface area contributed by atoms with Gasteiger partial charge in [0.15, 0.2) is 11.6 Å². The van der Waals surface area contributed by atoms with Gasteiger partial charge in [-0.3, -0.25) is 0 Å². The van der Waals surface area contributed by atoms with Crippen LogP contribution in [0.15, 0.2) is 18.2 Å². The first-order valence-electron chi connectivity index (χ1n) is 4.34. The van der Waals surface area contributed by atoms with Crippen LogP contribution in [0.25, 0.3) is 0 Å². The van der Waals surface area contributed by atoms with Crippen LogP contribution in [0.3, 0.4) is 0 Å². The van der Waals surface area contributed by atoms with Gasteiger partial charge < -0.3 is 5.32 Å². The van der Waals surface area contributed by atoms with Gasteiger partial charge in [-0.05, 0) is 31.2 Å². The zero-order valence-corrected chi connectivity index (χ0v) is 7.35. The number of benzene rings is 1. The minimum Gasteiger partial charge on any atom is -0.316 e. The highest BCUT2D eigenvalue weighted by atomic mass is 19.2. The molecule has 2 rings (SSSR count). The van der Waals surface area contributed by atoms with Crippen molar-refractivity contribution in [3.05, 3.63) is 35.4 Å². The van der Waals surface area contributed by atoms with Crippen molar-refractivity contribution in [3.8, 4) is 0 Å². The number of halogens is 2. The van der Waals surface area contributed by atoms with E-state index in [4.69, 9.17) is 0 Å². The Bertz CT molecular complexity index is 325. The molecule has 1 saturated carbocycles. The number of hydrogen-bond donors (Lipinski definition) is 1. The quantitative estimate of drug-likeness (QED) is 0.739. The second kappa shape index (κ2) is 3.07. The zero-order chi connectivity index (χ0) is 9.42. The first-order valence-corrected chi connectivity index (χ1v) is 4.34. The number of hydrogen-bond acceptors (Lipinski definition) is 1. The molecule has 0 bridgehead atoms. The van der Waals surface area contributed by atoms with Crippen LogP contribution in [0.1, 0.15) is 17.9 Å². The molecule has 3 heteroatoms. The van der Waals surface area contributed by atoms with E-state index in [-0.39, 0.29) is 0 Å². The van der Waals surface area contributed by atoms with Crippen LogP contribution in [-0.4, -0.2) is 13.1 Å². The number of rotatable bonds is 2. The highest BCUT2D eigenvalue weighted by molar-refractivity contribution is 5.28. The van der Waals surface area contributed by atoms with E-state index in [2.05, 4.69) is 5.32 Å². The van der Waals surface area contributed by atoms with Crippen molar-refractivity contribution in [2.75, 3.05) is 7.05 Å². The summed E-state index contributed by atoms with van der Waals surface area (Å²) in [6.07, 6.45) is 1.02. The Balaban J connectivity index is 2.19. The summed E-state index contributed by atoms with van der Waals surface area (Å²) >= 11 is 0. The second-order valence-corrected chi connectivity index (χ2v) is 3.41. The van der Waals surface area contributed by atoms with Gasteiger partial charge >= 0.3 is 0 Å². The molecular weight excluding hydrogens is 172 g/mol. The molecule has 1 nitrogen and oxygen atoms in total. The maximum absolute atomic E-state index is 12.8. The molecule has 1 aromatic carbocycles. The minimum absolute atomic E-state index is 0.361. The van der Waals surface area contributed by atoms with Crippen molar-refractivity contribution in [2.45, 2.75) is 18.4 Å². The molecule has 0 unspecified atom stereocenters. The predicted molar refractivity (Wildman–Crippen MR) is 46.6 cm³/mol. The van der Waals surface area contributed by atoms with Crippen molar-refractivity contribution in [1.29, 1.82) is 0 Å². The highest BCUT2D eigenvalue weighted by Crippen LogP contribution is 2.40. The fourth-order valence-corrected chi connectivity index (χ4v) is 1.63. The van der Waals surface area contributed by atoms with Gasteiger partial charge in [0.25, 0.3) is 0 Å². The van der Waals surface area contributed by atoms with Crippen molar-refractivity contribution in [1.82, 2.24) is 5.32 Å². The van der Waals surface area contributed by atoms with E-state index in [1.807, 2.05) is 7.05 Å². The smallest absolute Gasteiger partial charge is 0.159 e. The average molecular weight is 183 g/mol. The SMILES string of the molecule is CN[C@@H]1C[C@H]1c1ccc(F)c(F)c1. The van der Waals surface area contributed by atoms with Gasteiger partial charge in [0.2, 0.25) is 0 Å². The van der Waals surface area contributed by atoms with Crippen molar-refractivity contribution in [3.63, 3.8) is 0 Å². The van der Waals surface area contributed by atoms with Crippen LogP contribution in [0.2, 0.25) is 0 Å². The van der Waals surface area contributed by atoms with Crippen LogP contribution in [0.5, 0.6) is 0 Å². The molecular formula is C10H11F2N. The summed E-state index contributed by atoms with van der Waals surface area (Å²) in [5.41, 5.74) is 0.887. The highest BCUT2D eigenvalue weighted by Gasteiger charge is 2.37. The summed E-state index contributed by atoms with van der Waals surface area (Å²) in [5.74, 6) is -1.16. The molecule has 0 aromatic heterocycles. The first kappa shape index (κ1) is 8.63. The van der Waals surface area contributed by atoms with Crippen molar-refractivity contribution in [2.24, 2.45) is 0 Å². The van der Waals surface area contributed by atoms with Gasteiger partial charge in [-0.1, -0.05) is 6.07 Å². The normalized spacial score (nSPS) is 26.1. The minimum atomic E-state index is -0.773. The van der Waals surface area contributed by atoms with Crippen LogP contribution < -0.4 is 5.32 Å². The molecule has 0 amide bonds. The second-order valence-electron chi connectivity index (χ2n) is 3.41.